The van der Waals surface area contributed by atoms with Gasteiger partial charge in [-0.2, -0.15) is 0 Å². The van der Waals surface area contributed by atoms with Crippen molar-refractivity contribution in [3.8, 4) is 5.75 Å². The van der Waals surface area contributed by atoms with Crippen LogP contribution >= 0.6 is 0 Å². The minimum absolute atomic E-state index is 0.0500. The fraction of sp³-hybridized carbons (Fsp3) is 0.389. The molecule has 0 aliphatic carbocycles. The molecule has 3 rings (SSSR count). The second-order valence-corrected chi connectivity index (χ2v) is 6.06. The van der Waals surface area contributed by atoms with E-state index in [0.29, 0.717) is 26.2 Å². The minimum Gasteiger partial charge on any atom is -0.508 e. The van der Waals surface area contributed by atoms with Crippen molar-refractivity contribution in [1.29, 1.82) is 0 Å². The van der Waals surface area contributed by atoms with Crippen molar-refractivity contribution < 1.29 is 19.1 Å². The maximum atomic E-state index is 12.9. The first-order valence-corrected chi connectivity index (χ1v) is 8.01. The van der Waals surface area contributed by atoms with Gasteiger partial charge in [0.2, 0.25) is 0 Å². The molecule has 6 heteroatoms. The Morgan fingerprint density at radius 3 is 2.75 bits per heavy atom. The number of morpholine rings is 1. The number of phenolic OH excluding ortho intramolecular Hbond substituents is 1. The van der Waals surface area contributed by atoms with E-state index in [1.165, 1.54) is 0 Å². The maximum Gasteiger partial charge on any atom is 0.253 e. The first kappa shape index (κ1) is 16.5. The molecule has 1 saturated heterocycles. The van der Waals surface area contributed by atoms with Gasteiger partial charge in [-0.3, -0.25) is 4.79 Å². The maximum absolute atomic E-state index is 12.9. The van der Waals surface area contributed by atoms with Crippen molar-refractivity contribution in [3.63, 3.8) is 0 Å². The molecule has 0 bridgehead atoms. The molecule has 6 nitrogen and oxygen atoms in total. The van der Waals surface area contributed by atoms with Crippen molar-refractivity contribution in [3.05, 3.63) is 54.0 Å². The van der Waals surface area contributed by atoms with Gasteiger partial charge in [-0.1, -0.05) is 12.1 Å². The van der Waals surface area contributed by atoms with Gasteiger partial charge in [0.25, 0.3) is 5.91 Å². The largest absolute Gasteiger partial charge is 0.508 e. The Morgan fingerprint density at radius 1 is 1.29 bits per heavy atom. The van der Waals surface area contributed by atoms with Crippen LogP contribution in [0.4, 0.5) is 0 Å². The second kappa shape index (κ2) is 7.51. The lowest BCUT2D eigenvalue weighted by Crippen LogP contribution is -2.49. The SMILES string of the molecule is CN1CCOC(C(=O)N(Cc2ccc(O)cc2)Cc2ccco2)C1. The van der Waals surface area contributed by atoms with Gasteiger partial charge in [0.1, 0.15) is 17.6 Å². The van der Waals surface area contributed by atoms with Crippen molar-refractivity contribution in [2.75, 3.05) is 26.7 Å². The average Bonchev–Trinajstić information content (AvgIpc) is 3.09. The number of rotatable bonds is 5. The number of benzene rings is 1. The number of hydrogen-bond acceptors (Lipinski definition) is 5. The van der Waals surface area contributed by atoms with Crippen LogP contribution in [0.15, 0.2) is 47.1 Å². The summed E-state index contributed by atoms with van der Waals surface area (Å²) >= 11 is 0. The van der Waals surface area contributed by atoms with Crippen LogP contribution in [0, 0.1) is 0 Å². The number of hydrogen-bond donors (Lipinski definition) is 1. The molecular weight excluding hydrogens is 308 g/mol. The Morgan fingerprint density at radius 2 is 2.08 bits per heavy atom. The topological polar surface area (TPSA) is 66.2 Å². The zero-order valence-corrected chi connectivity index (χ0v) is 13.7. The van der Waals surface area contributed by atoms with Crippen LogP contribution in [0.2, 0.25) is 0 Å². The Hall–Kier alpha value is -2.31. The fourth-order valence-electron chi connectivity index (χ4n) is 2.76. The highest BCUT2D eigenvalue weighted by Gasteiger charge is 2.29. The molecule has 1 fully saturated rings. The summed E-state index contributed by atoms with van der Waals surface area (Å²) in [6.07, 6.45) is 1.14. The van der Waals surface area contributed by atoms with E-state index in [9.17, 15) is 9.90 Å². The molecule has 1 aromatic heterocycles. The highest BCUT2D eigenvalue weighted by atomic mass is 16.5. The third-order valence-corrected chi connectivity index (χ3v) is 4.09. The second-order valence-electron chi connectivity index (χ2n) is 6.06. The number of aromatic hydroxyl groups is 1. The summed E-state index contributed by atoms with van der Waals surface area (Å²) in [7, 11) is 1.99. The molecule has 0 radical (unpaired) electrons. The standard InChI is InChI=1S/C18H22N2O4/c1-19-8-10-24-17(13-19)18(22)20(12-16-3-2-9-23-16)11-14-4-6-15(21)7-5-14/h2-7,9,17,21H,8,10-13H2,1H3. The highest BCUT2D eigenvalue weighted by molar-refractivity contribution is 5.81. The molecule has 0 saturated carbocycles. The third kappa shape index (κ3) is 4.15. The van der Waals surface area contributed by atoms with Crippen LogP contribution in [-0.4, -0.2) is 53.7 Å². The summed E-state index contributed by atoms with van der Waals surface area (Å²) in [6, 6.07) is 10.5. The van der Waals surface area contributed by atoms with Gasteiger partial charge in [-0.25, -0.2) is 0 Å². The highest BCUT2D eigenvalue weighted by Crippen LogP contribution is 2.17. The summed E-state index contributed by atoms with van der Waals surface area (Å²) in [6.45, 7) is 2.80. The van der Waals surface area contributed by atoms with E-state index in [1.807, 2.05) is 31.3 Å². The molecule has 1 aromatic carbocycles. The number of carbonyl (C=O) groups is 1. The summed E-state index contributed by atoms with van der Waals surface area (Å²) in [5.74, 6) is 0.886. The first-order valence-electron chi connectivity index (χ1n) is 8.01. The molecular formula is C18H22N2O4. The molecule has 2 heterocycles. The molecule has 1 atom stereocenters. The van der Waals surface area contributed by atoms with Crippen molar-refractivity contribution >= 4 is 5.91 Å². The van der Waals surface area contributed by atoms with Gasteiger partial charge in [0.15, 0.2) is 0 Å². The summed E-state index contributed by atoms with van der Waals surface area (Å²) in [5, 5.41) is 9.42. The number of nitrogens with zero attached hydrogens (tertiary/aromatic N) is 2. The van der Waals surface area contributed by atoms with Crippen LogP contribution in [0.3, 0.4) is 0 Å². The number of ether oxygens (including phenoxy) is 1. The van der Waals surface area contributed by atoms with Gasteiger partial charge in [-0.15, -0.1) is 0 Å². The van der Waals surface area contributed by atoms with Crippen molar-refractivity contribution in [2.24, 2.45) is 0 Å². The molecule has 128 valence electrons. The van der Waals surface area contributed by atoms with Crippen LogP contribution in [-0.2, 0) is 22.6 Å². The van der Waals surface area contributed by atoms with E-state index in [0.717, 1.165) is 17.9 Å². The fourth-order valence-corrected chi connectivity index (χ4v) is 2.76. The van der Waals surface area contributed by atoms with Gasteiger partial charge >= 0.3 is 0 Å². The molecule has 1 aliphatic rings. The lowest BCUT2D eigenvalue weighted by Gasteiger charge is -2.33. The zero-order valence-electron chi connectivity index (χ0n) is 13.7. The Bertz CT molecular complexity index is 654. The van der Waals surface area contributed by atoms with E-state index in [1.54, 1.807) is 23.3 Å². The lowest BCUT2D eigenvalue weighted by molar-refractivity contribution is -0.150. The van der Waals surface area contributed by atoms with Crippen LogP contribution < -0.4 is 0 Å². The Balaban J connectivity index is 1.75. The van der Waals surface area contributed by atoms with Crippen LogP contribution in [0.1, 0.15) is 11.3 Å². The molecule has 1 unspecified atom stereocenters. The van der Waals surface area contributed by atoms with Gasteiger partial charge in [0.05, 0.1) is 19.4 Å². The zero-order chi connectivity index (χ0) is 16.9. The monoisotopic (exact) mass is 330 g/mol. The molecule has 1 N–H and O–H groups in total. The molecule has 0 spiro atoms. The number of phenols is 1. The minimum atomic E-state index is -0.462. The molecule has 1 aliphatic heterocycles. The normalized spacial score (nSPS) is 18.5. The molecule has 2 aromatic rings. The summed E-state index contributed by atoms with van der Waals surface area (Å²) in [5.41, 5.74) is 0.942. The van der Waals surface area contributed by atoms with E-state index in [4.69, 9.17) is 9.15 Å². The predicted octanol–water partition coefficient (Wildman–Crippen LogP) is 1.84. The van der Waals surface area contributed by atoms with Gasteiger partial charge < -0.3 is 24.1 Å². The van der Waals surface area contributed by atoms with Crippen LogP contribution in [0.25, 0.3) is 0 Å². The van der Waals surface area contributed by atoms with Crippen molar-refractivity contribution in [1.82, 2.24) is 9.80 Å². The van der Waals surface area contributed by atoms with E-state index >= 15 is 0 Å². The Kier molecular flexibility index (Phi) is 5.17. The van der Waals surface area contributed by atoms with E-state index in [2.05, 4.69) is 4.90 Å². The van der Waals surface area contributed by atoms with Gasteiger partial charge in [0, 0.05) is 19.6 Å². The van der Waals surface area contributed by atoms with Crippen LogP contribution in [0.5, 0.6) is 5.75 Å². The van der Waals surface area contributed by atoms with Gasteiger partial charge in [-0.05, 0) is 36.9 Å². The van der Waals surface area contributed by atoms with E-state index < -0.39 is 6.10 Å². The first-order chi connectivity index (χ1) is 11.6. The number of carbonyl (C=O) groups excluding carboxylic acids is 1. The summed E-state index contributed by atoms with van der Waals surface area (Å²) in [4.78, 5) is 16.8. The molecule has 1 amide bonds. The average molecular weight is 330 g/mol. The number of furan rings is 1. The van der Waals surface area contributed by atoms with E-state index in [-0.39, 0.29) is 11.7 Å². The van der Waals surface area contributed by atoms with Crippen molar-refractivity contribution in [2.45, 2.75) is 19.2 Å². The number of amides is 1. The molecule has 24 heavy (non-hydrogen) atoms. The third-order valence-electron chi connectivity index (χ3n) is 4.09. The smallest absolute Gasteiger partial charge is 0.253 e. The predicted molar refractivity (Wildman–Crippen MR) is 88.3 cm³/mol. The summed E-state index contributed by atoms with van der Waals surface area (Å²) < 4.78 is 11.1. The lowest BCUT2D eigenvalue weighted by atomic mass is 10.1. The number of likely N-dealkylation sites (N-methyl/N-ethyl adjacent to an activating group) is 1. The quantitative estimate of drug-likeness (QED) is 0.906. The Labute approximate surface area is 141 Å².